The SMILES string of the molecule is CN1CC(CN2CC3CN(C(=O)Cc4nc(-c5ccc(F)cc5)ccc4N)CC3C2)C1. The minimum absolute atomic E-state index is 0.0945. The summed E-state index contributed by atoms with van der Waals surface area (Å²) in [6, 6.07) is 9.79. The van der Waals surface area contributed by atoms with E-state index in [1.807, 2.05) is 11.0 Å². The molecule has 3 saturated heterocycles. The van der Waals surface area contributed by atoms with Crippen LogP contribution in [0.4, 0.5) is 10.1 Å². The number of fused-ring (bicyclic) bond motifs is 1. The smallest absolute Gasteiger partial charge is 0.228 e. The largest absolute Gasteiger partial charge is 0.397 e. The number of hydrogen-bond donors (Lipinski definition) is 1. The van der Waals surface area contributed by atoms with Gasteiger partial charge in [0.25, 0.3) is 0 Å². The van der Waals surface area contributed by atoms with Crippen LogP contribution in [0.15, 0.2) is 36.4 Å². The number of carbonyl (C=O) groups is 1. The summed E-state index contributed by atoms with van der Waals surface area (Å²) >= 11 is 0. The molecule has 164 valence electrons. The van der Waals surface area contributed by atoms with Crippen molar-refractivity contribution in [3.63, 3.8) is 0 Å². The second-order valence-corrected chi connectivity index (χ2v) is 9.54. The second-order valence-electron chi connectivity index (χ2n) is 9.54. The molecular formula is C24H30FN5O. The van der Waals surface area contributed by atoms with Crippen molar-refractivity contribution in [2.75, 3.05) is 58.6 Å². The summed E-state index contributed by atoms with van der Waals surface area (Å²) in [6.07, 6.45) is 0.207. The zero-order valence-corrected chi connectivity index (χ0v) is 18.0. The van der Waals surface area contributed by atoms with Gasteiger partial charge in [0.1, 0.15) is 5.82 Å². The van der Waals surface area contributed by atoms with Crippen LogP contribution in [0.25, 0.3) is 11.3 Å². The lowest BCUT2D eigenvalue weighted by atomic mass is 10.0. The number of pyridine rings is 1. The van der Waals surface area contributed by atoms with Crippen LogP contribution in [0.3, 0.4) is 0 Å². The fraction of sp³-hybridized carbons (Fsp3) is 0.500. The van der Waals surface area contributed by atoms with Gasteiger partial charge in [-0.25, -0.2) is 4.39 Å². The number of carbonyl (C=O) groups excluding carboxylic acids is 1. The molecule has 0 aliphatic carbocycles. The summed E-state index contributed by atoms with van der Waals surface area (Å²) in [7, 11) is 2.18. The standard InChI is InChI=1S/C24H30FN5O/c1-28-9-16(10-28)11-29-12-18-14-30(15-19(18)13-29)24(31)8-23-21(26)6-7-22(27-23)17-2-4-20(25)5-3-17/h2-7,16,18-19H,8-15,26H2,1H3. The maximum absolute atomic E-state index is 13.2. The van der Waals surface area contributed by atoms with Crippen LogP contribution in [0.5, 0.6) is 0 Å². The van der Waals surface area contributed by atoms with Crippen molar-refractivity contribution in [3.8, 4) is 11.3 Å². The van der Waals surface area contributed by atoms with E-state index in [0.29, 0.717) is 28.9 Å². The van der Waals surface area contributed by atoms with E-state index in [1.165, 1.54) is 31.8 Å². The van der Waals surface area contributed by atoms with Gasteiger partial charge in [0.05, 0.1) is 23.5 Å². The normalized spacial score (nSPS) is 24.4. The van der Waals surface area contributed by atoms with Gasteiger partial charge < -0.3 is 20.4 Å². The third-order valence-electron chi connectivity index (χ3n) is 7.04. The molecule has 0 bridgehead atoms. The monoisotopic (exact) mass is 423 g/mol. The van der Waals surface area contributed by atoms with Crippen molar-refractivity contribution in [1.29, 1.82) is 0 Å². The Morgan fingerprint density at radius 3 is 2.35 bits per heavy atom. The Bertz CT molecular complexity index is 945. The summed E-state index contributed by atoms with van der Waals surface area (Å²) in [5.74, 6) is 1.78. The quantitative estimate of drug-likeness (QED) is 0.797. The van der Waals surface area contributed by atoms with Gasteiger partial charge in [-0.05, 0) is 61.2 Å². The number of hydrogen-bond acceptors (Lipinski definition) is 5. The number of likely N-dealkylation sites (tertiary alicyclic amines) is 3. The van der Waals surface area contributed by atoms with Crippen LogP contribution in [-0.4, -0.2) is 78.5 Å². The summed E-state index contributed by atoms with van der Waals surface area (Å²) in [4.78, 5) is 24.6. The first-order chi connectivity index (χ1) is 14.9. The molecule has 6 nitrogen and oxygen atoms in total. The Morgan fingerprint density at radius 1 is 1.03 bits per heavy atom. The molecule has 7 heteroatoms. The molecule has 0 saturated carbocycles. The highest BCUT2D eigenvalue weighted by atomic mass is 19.1. The molecule has 5 rings (SSSR count). The molecule has 31 heavy (non-hydrogen) atoms. The van der Waals surface area contributed by atoms with E-state index in [4.69, 9.17) is 5.73 Å². The predicted molar refractivity (Wildman–Crippen MR) is 119 cm³/mol. The Balaban J connectivity index is 1.19. The van der Waals surface area contributed by atoms with Crippen molar-refractivity contribution < 1.29 is 9.18 Å². The van der Waals surface area contributed by atoms with Crippen molar-refractivity contribution in [1.82, 2.24) is 19.7 Å². The highest BCUT2D eigenvalue weighted by Gasteiger charge is 2.42. The number of halogens is 1. The number of nitrogens with zero attached hydrogens (tertiary/aromatic N) is 4. The second kappa shape index (κ2) is 8.20. The number of aromatic nitrogens is 1. The first-order valence-electron chi connectivity index (χ1n) is 11.1. The number of benzene rings is 1. The maximum atomic E-state index is 13.2. The van der Waals surface area contributed by atoms with E-state index in [-0.39, 0.29) is 18.1 Å². The van der Waals surface area contributed by atoms with Gasteiger partial charge in [-0.2, -0.15) is 0 Å². The van der Waals surface area contributed by atoms with Gasteiger partial charge in [0.15, 0.2) is 0 Å². The average Bonchev–Trinajstić information content (AvgIpc) is 3.28. The van der Waals surface area contributed by atoms with Gasteiger partial charge in [0.2, 0.25) is 5.91 Å². The lowest BCUT2D eigenvalue weighted by molar-refractivity contribution is -0.129. The van der Waals surface area contributed by atoms with E-state index in [1.54, 1.807) is 18.2 Å². The van der Waals surface area contributed by atoms with Gasteiger partial charge in [-0.1, -0.05) is 0 Å². The summed E-state index contributed by atoms with van der Waals surface area (Å²) < 4.78 is 13.2. The molecule has 1 amide bonds. The van der Waals surface area contributed by atoms with Crippen molar-refractivity contribution in [3.05, 3.63) is 47.9 Å². The number of anilines is 1. The molecule has 2 N–H and O–H groups in total. The lowest BCUT2D eigenvalue weighted by Crippen LogP contribution is -2.49. The highest BCUT2D eigenvalue weighted by Crippen LogP contribution is 2.32. The third-order valence-corrected chi connectivity index (χ3v) is 7.04. The molecule has 0 spiro atoms. The third kappa shape index (κ3) is 4.29. The van der Waals surface area contributed by atoms with Crippen LogP contribution in [0, 0.1) is 23.6 Å². The number of rotatable bonds is 5. The Labute approximate surface area is 182 Å². The number of amides is 1. The molecule has 3 fully saturated rings. The topological polar surface area (TPSA) is 65.7 Å². The lowest BCUT2D eigenvalue weighted by Gasteiger charge is -2.38. The van der Waals surface area contributed by atoms with Crippen LogP contribution in [0.1, 0.15) is 5.69 Å². The van der Waals surface area contributed by atoms with Crippen LogP contribution in [0.2, 0.25) is 0 Å². The maximum Gasteiger partial charge on any atom is 0.228 e. The van der Waals surface area contributed by atoms with E-state index in [9.17, 15) is 9.18 Å². The molecule has 3 aliphatic heterocycles. The Hall–Kier alpha value is -2.51. The fourth-order valence-corrected chi connectivity index (χ4v) is 5.44. The fourth-order valence-electron chi connectivity index (χ4n) is 5.44. The molecule has 2 aromatic rings. The van der Waals surface area contributed by atoms with Gasteiger partial charge >= 0.3 is 0 Å². The first-order valence-corrected chi connectivity index (χ1v) is 11.1. The van der Waals surface area contributed by atoms with Crippen LogP contribution >= 0.6 is 0 Å². The summed E-state index contributed by atoms with van der Waals surface area (Å²) in [5.41, 5.74) is 8.75. The minimum atomic E-state index is -0.284. The van der Waals surface area contributed by atoms with Gasteiger partial charge in [0, 0.05) is 51.4 Å². The van der Waals surface area contributed by atoms with E-state index < -0.39 is 0 Å². The Morgan fingerprint density at radius 2 is 1.71 bits per heavy atom. The van der Waals surface area contributed by atoms with Crippen molar-refractivity contribution in [2.45, 2.75) is 6.42 Å². The van der Waals surface area contributed by atoms with E-state index in [0.717, 1.165) is 37.7 Å². The Kier molecular flexibility index (Phi) is 5.40. The predicted octanol–water partition coefficient (Wildman–Crippen LogP) is 1.96. The van der Waals surface area contributed by atoms with Gasteiger partial charge in [-0.15, -0.1) is 0 Å². The van der Waals surface area contributed by atoms with Crippen molar-refractivity contribution in [2.24, 2.45) is 17.8 Å². The molecule has 1 aromatic carbocycles. The summed E-state index contributed by atoms with van der Waals surface area (Å²) in [5, 5.41) is 0. The average molecular weight is 424 g/mol. The minimum Gasteiger partial charge on any atom is -0.397 e. The number of nitrogens with two attached hydrogens (primary N) is 1. The first kappa shape index (κ1) is 20.4. The molecule has 2 unspecified atom stereocenters. The van der Waals surface area contributed by atoms with Gasteiger partial charge in [-0.3, -0.25) is 9.78 Å². The molecule has 1 aromatic heterocycles. The highest BCUT2D eigenvalue weighted by molar-refractivity contribution is 5.80. The molecule has 0 radical (unpaired) electrons. The molecule has 3 aliphatic rings. The summed E-state index contributed by atoms with van der Waals surface area (Å²) in [6.45, 7) is 7.50. The molecular weight excluding hydrogens is 393 g/mol. The zero-order chi connectivity index (χ0) is 21.5. The number of nitrogen functional groups attached to an aromatic ring is 1. The van der Waals surface area contributed by atoms with Crippen LogP contribution in [-0.2, 0) is 11.2 Å². The van der Waals surface area contributed by atoms with Crippen LogP contribution < -0.4 is 5.73 Å². The van der Waals surface area contributed by atoms with Crippen molar-refractivity contribution >= 4 is 11.6 Å². The zero-order valence-electron chi connectivity index (χ0n) is 18.0. The molecule has 2 atom stereocenters. The van der Waals surface area contributed by atoms with E-state index in [2.05, 4.69) is 21.8 Å². The molecule has 4 heterocycles. The van der Waals surface area contributed by atoms with E-state index >= 15 is 0 Å².